The third kappa shape index (κ3) is 2.53. The third-order valence-electron chi connectivity index (χ3n) is 13.6. The first-order valence-corrected chi connectivity index (χ1v) is 14.9. The fourth-order valence-electron chi connectivity index (χ4n) is 12.0. The van der Waals surface area contributed by atoms with Gasteiger partial charge in [-0.2, -0.15) is 0 Å². The number of ether oxygens (including phenoxy) is 1. The van der Waals surface area contributed by atoms with E-state index in [-0.39, 0.29) is 57.0 Å². The Hall–Kier alpha value is -2.23. The summed E-state index contributed by atoms with van der Waals surface area (Å²) in [6, 6.07) is 0. The van der Waals surface area contributed by atoms with Gasteiger partial charge in [0.1, 0.15) is 29.0 Å². The highest BCUT2D eigenvalue weighted by atomic mass is 16.5. The fourth-order valence-corrected chi connectivity index (χ4v) is 12.0. The number of hydrogen-bond donors (Lipinski definition) is 3. The average molecular weight is 555 g/mol. The van der Waals surface area contributed by atoms with Gasteiger partial charge in [-0.3, -0.25) is 19.2 Å². The molecule has 3 N–H and O–H groups in total. The lowest BCUT2D eigenvalue weighted by molar-refractivity contribution is -0.275. The molecule has 6 saturated carbocycles. The molecule has 6 fully saturated rings. The lowest BCUT2D eigenvalue weighted by atomic mass is 9.31. The van der Waals surface area contributed by atoms with Crippen LogP contribution >= 0.6 is 0 Å². The smallest absolute Gasteiger partial charge is 0.331 e. The number of carbonyl (C=O) groups is 5. The molecule has 0 amide bonds. The molecule has 0 aromatic carbocycles. The van der Waals surface area contributed by atoms with Crippen molar-refractivity contribution in [3.8, 4) is 0 Å². The Labute approximate surface area is 232 Å². The Bertz CT molecular complexity index is 1270. The first kappa shape index (κ1) is 26.7. The molecule has 0 radical (unpaired) electrons. The minimum atomic E-state index is -2.09. The van der Waals surface area contributed by atoms with E-state index in [1.54, 1.807) is 0 Å². The van der Waals surface area contributed by atoms with Gasteiger partial charge < -0.3 is 20.1 Å². The number of esters is 1. The summed E-state index contributed by atoms with van der Waals surface area (Å²) < 4.78 is 5.18. The van der Waals surface area contributed by atoms with E-state index in [2.05, 4.69) is 0 Å². The van der Waals surface area contributed by atoms with Crippen LogP contribution in [0.1, 0.15) is 78.1 Å². The van der Waals surface area contributed by atoms with Crippen LogP contribution in [0.15, 0.2) is 11.6 Å². The van der Waals surface area contributed by atoms with Crippen molar-refractivity contribution in [2.24, 2.45) is 45.3 Å². The van der Waals surface area contributed by atoms with Crippen molar-refractivity contribution >= 4 is 29.1 Å². The fraction of sp³-hybridized carbons (Fsp3) is 0.774. The van der Waals surface area contributed by atoms with Crippen LogP contribution in [-0.2, 0) is 28.7 Å². The number of aliphatic hydroxyl groups excluding tert-OH is 2. The molecule has 0 saturated heterocycles. The molecule has 6 aliphatic carbocycles. The van der Waals surface area contributed by atoms with Crippen LogP contribution in [0.4, 0.5) is 0 Å². The molecular weight excluding hydrogens is 516 g/mol. The molecule has 0 aromatic heterocycles. The Balaban J connectivity index is 1.42. The Morgan fingerprint density at radius 1 is 0.775 bits per heavy atom. The van der Waals surface area contributed by atoms with Crippen molar-refractivity contribution in [3.05, 3.63) is 11.6 Å². The van der Waals surface area contributed by atoms with Gasteiger partial charge in [0.2, 0.25) is 0 Å². The molecule has 9 heteroatoms. The van der Waals surface area contributed by atoms with Crippen molar-refractivity contribution in [1.29, 1.82) is 0 Å². The number of ketones is 4. The van der Waals surface area contributed by atoms with Gasteiger partial charge in [0.15, 0.2) is 11.6 Å². The minimum absolute atomic E-state index is 0.0810. The maximum absolute atomic E-state index is 14.2. The second-order valence-electron chi connectivity index (χ2n) is 14.1. The second-order valence-corrected chi connectivity index (χ2v) is 14.1. The Morgan fingerprint density at radius 3 is 2.00 bits per heavy atom. The predicted octanol–water partition coefficient (Wildman–Crippen LogP) is 1.63. The zero-order chi connectivity index (χ0) is 28.6. The number of fused-ring (bicyclic) bond motifs is 7. The van der Waals surface area contributed by atoms with Crippen molar-refractivity contribution < 1.29 is 44.0 Å². The Morgan fingerprint density at radius 2 is 1.40 bits per heavy atom. The third-order valence-corrected chi connectivity index (χ3v) is 13.6. The van der Waals surface area contributed by atoms with E-state index in [0.29, 0.717) is 25.7 Å². The highest BCUT2D eigenvalue weighted by molar-refractivity contribution is 6.27. The van der Waals surface area contributed by atoms with Gasteiger partial charge in [-0.15, -0.1) is 0 Å². The number of hydrogen-bond acceptors (Lipinski definition) is 9. The van der Waals surface area contributed by atoms with E-state index >= 15 is 0 Å². The summed E-state index contributed by atoms with van der Waals surface area (Å²) in [4.78, 5) is 67.8. The maximum atomic E-state index is 14.2. The Kier molecular flexibility index (Phi) is 5.32. The van der Waals surface area contributed by atoms with E-state index in [1.807, 2.05) is 13.8 Å². The second kappa shape index (κ2) is 7.98. The summed E-state index contributed by atoms with van der Waals surface area (Å²) in [5.74, 6) is -3.88. The largest absolute Gasteiger partial charge is 0.458 e. The molecule has 7 aliphatic rings. The molecule has 9 atom stereocenters. The van der Waals surface area contributed by atoms with Gasteiger partial charge in [-0.25, -0.2) is 4.79 Å². The lowest BCUT2D eigenvalue weighted by Crippen LogP contribution is -2.77. The van der Waals surface area contributed by atoms with E-state index < -0.39 is 80.4 Å². The molecular formula is C31H38O9. The van der Waals surface area contributed by atoms with E-state index in [4.69, 9.17) is 4.74 Å². The summed E-state index contributed by atoms with van der Waals surface area (Å²) in [5.41, 5.74) is -6.87. The van der Waals surface area contributed by atoms with Crippen LogP contribution in [0.25, 0.3) is 0 Å². The summed E-state index contributed by atoms with van der Waals surface area (Å²) in [6.07, 6.45) is 0.996. The van der Waals surface area contributed by atoms with Crippen LogP contribution in [-0.4, -0.2) is 68.8 Å². The molecule has 40 heavy (non-hydrogen) atoms. The van der Waals surface area contributed by atoms with Crippen molar-refractivity contribution in [2.75, 3.05) is 6.61 Å². The highest BCUT2D eigenvalue weighted by Gasteiger charge is 2.85. The van der Waals surface area contributed by atoms with Gasteiger partial charge in [0, 0.05) is 37.2 Å². The van der Waals surface area contributed by atoms with Gasteiger partial charge in [-0.1, -0.05) is 13.8 Å². The van der Waals surface area contributed by atoms with Gasteiger partial charge in [-0.05, 0) is 73.2 Å². The zero-order valence-corrected chi connectivity index (χ0v) is 23.1. The molecule has 2 spiro atoms. The standard InChI is InChI=1S/C31H38O9/c1-27-16(12-25(37)30(20(32)5-6-21(30)33)31(27)22(34)7-8-23(31)35)3-4-18-19(27)13-24(36)28(2)17(9-10-29(18,28)39)15-11-26(38)40-14-15/h11,16-19,24-25,36-37,39H,3-10,12-14H2,1-2H3/t16-,17-,18-,19+,24-,25+,27+,28+,29+/m1/s1. The quantitative estimate of drug-likeness (QED) is 0.324. The monoisotopic (exact) mass is 554 g/mol. The van der Waals surface area contributed by atoms with Crippen LogP contribution < -0.4 is 0 Å². The molecule has 216 valence electrons. The first-order chi connectivity index (χ1) is 18.8. The summed E-state index contributed by atoms with van der Waals surface area (Å²) in [7, 11) is 0. The van der Waals surface area contributed by atoms with Gasteiger partial charge in [0.25, 0.3) is 0 Å². The van der Waals surface area contributed by atoms with Gasteiger partial charge in [0.05, 0.1) is 17.8 Å². The molecule has 0 bridgehead atoms. The van der Waals surface area contributed by atoms with Crippen LogP contribution in [0, 0.1) is 45.3 Å². The molecule has 9 nitrogen and oxygen atoms in total. The molecule has 1 aliphatic heterocycles. The summed E-state index contributed by atoms with van der Waals surface area (Å²) >= 11 is 0. The van der Waals surface area contributed by atoms with E-state index in [0.717, 1.165) is 5.57 Å². The summed E-state index contributed by atoms with van der Waals surface area (Å²) in [6.45, 7) is 3.85. The van der Waals surface area contributed by atoms with Crippen molar-refractivity contribution in [2.45, 2.75) is 95.9 Å². The molecule has 0 unspecified atom stereocenters. The minimum Gasteiger partial charge on any atom is -0.458 e. The normalized spacial score (nSPS) is 48.8. The van der Waals surface area contributed by atoms with Crippen molar-refractivity contribution in [1.82, 2.24) is 0 Å². The maximum Gasteiger partial charge on any atom is 0.331 e. The molecule has 0 aromatic rings. The SMILES string of the molecule is C[C@]12[C@H](CC[C@@H]3[C@@H]1C[C@@H](O)[C@]1(C)[C@@H](C4=CC(=O)OC4)CC[C@]31O)C[C@H](O)C1(C(=O)CCC1=O)C21C(=O)CCC1=O. The lowest BCUT2D eigenvalue weighted by Gasteiger charge is -2.70. The van der Waals surface area contributed by atoms with Crippen molar-refractivity contribution in [3.63, 3.8) is 0 Å². The number of rotatable bonds is 1. The highest BCUT2D eigenvalue weighted by Crippen LogP contribution is 2.77. The molecule has 7 rings (SSSR count). The number of Topliss-reactive ketones (excluding diaryl/α,β-unsaturated/α-hetero) is 4. The van der Waals surface area contributed by atoms with Crippen LogP contribution in [0.3, 0.4) is 0 Å². The molecule has 1 heterocycles. The predicted molar refractivity (Wildman–Crippen MR) is 137 cm³/mol. The van der Waals surface area contributed by atoms with E-state index in [1.165, 1.54) is 6.08 Å². The number of carbonyl (C=O) groups excluding carboxylic acids is 5. The topological polar surface area (TPSA) is 155 Å². The summed E-state index contributed by atoms with van der Waals surface area (Å²) in [5, 5.41) is 36.2. The number of cyclic esters (lactones) is 1. The zero-order valence-electron chi connectivity index (χ0n) is 23.1. The van der Waals surface area contributed by atoms with E-state index in [9.17, 15) is 39.3 Å². The van der Waals surface area contributed by atoms with Crippen LogP contribution in [0.2, 0.25) is 0 Å². The first-order valence-electron chi connectivity index (χ1n) is 14.9. The number of aliphatic hydroxyl groups is 3. The average Bonchev–Trinajstić information content (AvgIpc) is 3.62. The van der Waals surface area contributed by atoms with Crippen LogP contribution in [0.5, 0.6) is 0 Å². The van der Waals surface area contributed by atoms with Gasteiger partial charge >= 0.3 is 5.97 Å².